The minimum Gasteiger partial charge on any atom is -0.444 e. The molecule has 0 fully saturated rings. The molecule has 0 unspecified atom stereocenters. The van der Waals surface area contributed by atoms with Crippen LogP contribution >= 0.6 is 0 Å². The molecule has 2 aromatic carbocycles. The van der Waals surface area contributed by atoms with Gasteiger partial charge in [0.2, 0.25) is 0 Å². The van der Waals surface area contributed by atoms with Crippen LogP contribution in [0.2, 0.25) is 0 Å². The average Bonchev–Trinajstić information content (AvgIpc) is 2.60. The maximum Gasteiger partial charge on any atom is 0.407 e. The highest BCUT2D eigenvalue weighted by Gasteiger charge is 2.15. The van der Waals surface area contributed by atoms with Crippen molar-refractivity contribution >= 4 is 17.8 Å². The maximum absolute atomic E-state index is 12.9. The minimum absolute atomic E-state index is 0.282. The normalized spacial score (nSPS) is 10.9. The van der Waals surface area contributed by atoms with E-state index < -0.39 is 11.7 Å². The van der Waals surface area contributed by atoms with Crippen LogP contribution in [-0.4, -0.2) is 24.3 Å². The first-order chi connectivity index (χ1) is 13.2. The second kappa shape index (κ2) is 9.73. The molecule has 3 N–H and O–H groups in total. The fourth-order valence-electron chi connectivity index (χ4n) is 2.39. The number of urea groups is 1. The standard InChI is InChI=1S/C21H26FN3O3/c1-21(2,3)28-20(27)24-14-16-5-4-6-18(13-16)25-19(26)23-12-11-15-7-9-17(22)10-8-15/h4-10,13H,11-12,14H2,1-3H3,(H,24,27)(H2,23,25,26). The molecule has 0 aliphatic rings. The van der Waals surface area contributed by atoms with Crippen LogP contribution in [0.15, 0.2) is 48.5 Å². The molecule has 6 nitrogen and oxygen atoms in total. The maximum atomic E-state index is 12.9. The number of nitrogens with one attached hydrogen (secondary N) is 3. The lowest BCUT2D eigenvalue weighted by molar-refractivity contribution is 0.0523. The third kappa shape index (κ3) is 8.07. The second-order valence-electron chi connectivity index (χ2n) is 7.31. The fraction of sp³-hybridized carbons (Fsp3) is 0.333. The summed E-state index contributed by atoms with van der Waals surface area (Å²) >= 11 is 0. The summed E-state index contributed by atoms with van der Waals surface area (Å²) in [5, 5.41) is 8.18. The lowest BCUT2D eigenvalue weighted by Crippen LogP contribution is -2.32. The number of halogens is 1. The number of benzene rings is 2. The van der Waals surface area contributed by atoms with Crippen molar-refractivity contribution in [1.29, 1.82) is 0 Å². The van der Waals surface area contributed by atoms with Gasteiger partial charge in [0.05, 0.1) is 0 Å². The molecule has 0 aliphatic heterocycles. The predicted octanol–water partition coefficient (Wildman–Crippen LogP) is 4.21. The van der Waals surface area contributed by atoms with Crippen molar-refractivity contribution in [2.24, 2.45) is 0 Å². The number of anilines is 1. The molecule has 2 rings (SSSR count). The van der Waals surface area contributed by atoms with Gasteiger partial charge < -0.3 is 20.7 Å². The van der Waals surface area contributed by atoms with Crippen molar-refractivity contribution in [1.82, 2.24) is 10.6 Å². The highest BCUT2D eigenvalue weighted by atomic mass is 19.1. The SMILES string of the molecule is CC(C)(C)OC(=O)NCc1cccc(NC(=O)NCCc2ccc(F)cc2)c1. The van der Waals surface area contributed by atoms with Crippen LogP contribution < -0.4 is 16.0 Å². The van der Waals surface area contributed by atoms with Crippen LogP contribution in [0.3, 0.4) is 0 Å². The Morgan fingerprint density at radius 2 is 1.71 bits per heavy atom. The average molecular weight is 387 g/mol. The lowest BCUT2D eigenvalue weighted by atomic mass is 10.1. The van der Waals surface area contributed by atoms with Crippen molar-refractivity contribution in [3.8, 4) is 0 Å². The molecule has 150 valence electrons. The summed E-state index contributed by atoms with van der Waals surface area (Å²) in [4.78, 5) is 23.7. The van der Waals surface area contributed by atoms with E-state index in [2.05, 4.69) is 16.0 Å². The Balaban J connectivity index is 1.77. The van der Waals surface area contributed by atoms with Gasteiger partial charge in [0.1, 0.15) is 11.4 Å². The largest absolute Gasteiger partial charge is 0.444 e. The van der Waals surface area contributed by atoms with E-state index in [0.717, 1.165) is 11.1 Å². The van der Waals surface area contributed by atoms with Gasteiger partial charge in [-0.15, -0.1) is 0 Å². The molecule has 3 amide bonds. The summed E-state index contributed by atoms with van der Waals surface area (Å²) in [7, 11) is 0. The zero-order valence-corrected chi connectivity index (χ0v) is 16.3. The van der Waals surface area contributed by atoms with Crippen molar-refractivity contribution in [2.75, 3.05) is 11.9 Å². The van der Waals surface area contributed by atoms with Gasteiger partial charge in [0, 0.05) is 18.8 Å². The number of amides is 3. The van der Waals surface area contributed by atoms with E-state index in [-0.39, 0.29) is 18.4 Å². The summed E-state index contributed by atoms with van der Waals surface area (Å²) in [5.41, 5.74) is 1.83. The van der Waals surface area contributed by atoms with Crippen LogP contribution in [0.25, 0.3) is 0 Å². The molecule has 0 aromatic heterocycles. The van der Waals surface area contributed by atoms with Crippen LogP contribution in [0.4, 0.5) is 19.7 Å². The number of carbonyl (C=O) groups excluding carboxylic acids is 2. The van der Waals surface area contributed by atoms with E-state index in [4.69, 9.17) is 4.74 Å². The molecule has 28 heavy (non-hydrogen) atoms. The monoisotopic (exact) mass is 387 g/mol. The van der Waals surface area contributed by atoms with Gasteiger partial charge in [-0.3, -0.25) is 0 Å². The van der Waals surface area contributed by atoms with Crippen molar-refractivity contribution < 1.29 is 18.7 Å². The van der Waals surface area contributed by atoms with Crippen LogP contribution in [0.1, 0.15) is 31.9 Å². The first-order valence-electron chi connectivity index (χ1n) is 9.06. The molecular formula is C21H26FN3O3. The first kappa shape index (κ1) is 21.2. The van der Waals surface area contributed by atoms with E-state index in [1.165, 1.54) is 12.1 Å². The predicted molar refractivity (Wildman–Crippen MR) is 107 cm³/mol. The summed E-state index contributed by atoms with van der Waals surface area (Å²) in [6.07, 6.45) is 0.109. The number of carbonyl (C=O) groups is 2. The summed E-state index contributed by atoms with van der Waals surface area (Å²) < 4.78 is 18.1. The van der Waals surface area contributed by atoms with Gasteiger partial charge in [-0.25, -0.2) is 14.0 Å². The Kier molecular flexibility index (Phi) is 7.37. The van der Waals surface area contributed by atoms with Crippen molar-refractivity contribution in [2.45, 2.75) is 39.3 Å². The van der Waals surface area contributed by atoms with Crippen molar-refractivity contribution in [3.63, 3.8) is 0 Å². The van der Waals surface area contributed by atoms with E-state index in [9.17, 15) is 14.0 Å². The van der Waals surface area contributed by atoms with Crippen LogP contribution in [0, 0.1) is 5.82 Å². The second-order valence-corrected chi connectivity index (χ2v) is 7.31. The zero-order chi connectivity index (χ0) is 20.6. The van der Waals surface area contributed by atoms with Gasteiger partial charge >= 0.3 is 12.1 Å². The highest BCUT2D eigenvalue weighted by Crippen LogP contribution is 2.11. The number of ether oxygens (including phenoxy) is 1. The van der Waals surface area contributed by atoms with Crippen LogP contribution in [-0.2, 0) is 17.7 Å². The quantitative estimate of drug-likeness (QED) is 0.694. The Morgan fingerprint density at radius 1 is 1.00 bits per heavy atom. The molecule has 0 radical (unpaired) electrons. The third-order valence-corrected chi connectivity index (χ3v) is 3.63. The Morgan fingerprint density at radius 3 is 2.39 bits per heavy atom. The molecule has 2 aromatic rings. The molecule has 0 bridgehead atoms. The highest BCUT2D eigenvalue weighted by molar-refractivity contribution is 5.89. The summed E-state index contributed by atoms with van der Waals surface area (Å²) in [6.45, 7) is 6.11. The number of alkyl carbamates (subject to hydrolysis) is 1. The van der Waals surface area contributed by atoms with Gasteiger partial charge in [0.25, 0.3) is 0 Å². The molecule has 0 heterocycles. The Bertz CT molecular complexity index is 801. The van der Waals surface area contributed by atoms with Gasteiger partial charge in [0.15, 0.2) is 0 Å². The molecule has 0 saturated heterocycles. The molecule has 0 aliphatic carbocycles. The van der Waals surface area contributed by atoms with E-state index in [0.29, 0.717) is 18.7 Å². The molecule has 0 saturated carbocycles. The van der Waals surface area contributed by atoms with E-state index in [1.54, 1.807) is 51.1 Å². The summed E-state index contributed by atoms with van der Waals surface area (Å²) in [6, 6.07) is 13.0. The molecule has 0 spiro atoms. The van der Waals surface area contributed by atoms with Gasteiger partial charge in [-0.1, -0.05) is 24.3 Å². The number of hydrogen-bond acceptors (Lipinski definition) is 3. The number of hydrogen-bond donors (Lipinski definition) is 3. The number of rotatable bonds is 6. The topological polar surface area (TPSA) is 79.5 Å². The third-order valence-electron chi connectivity index (χ3n) is 3.63. The first-order valence-corrected chi connectivity index (χ1v) is 9.06. The molecule has 7 heteroatoms. The Labute approximate surface area is 164 Å². The van der Waals surface area contributed by atoms with Crippen LogP contribution in [0.5, 0.6) is 0 Å². The zero-order valence-electron chi connectivity index (χ0n) is 16.3. The molecular weight excluding hydrogens is 361 g/mol. The molecule has 0 atom stereocenters. The minimum atomic E-state index is -0.556. The van der Waals surface area contributed by atoms with Crippen molar-refractivity contribution in [3.05, 3.63) is 65.5 Å². The van der Waals surface area contributed by atoms with E-state index >= 15 is 0 Å². The smallest absolute Gasteiger partial charge is 0.407 e. The van der Waals surface area contributed by atoms with Gasteiger partial charge in [-0.05, 0) is 62.6 Å². The fourth-order valence-corrected chi connectivity index (χ4v) is 2.39. The lowest BCUT2D eigenvalue weighted by Gasteiger charge is -2.19. The van der Waals surface area contributed by atoms with Gasteiger partial charge in [-0.2, -0.15) is 0 Å². The summed E-state index contributed by atoms with van der Waals surface area (Å²) in [5.74, 6) is -0.282. The van der Waals surface area contributed by atoms with E-state index in [1.807, 2.05) is 6.07 Å². The Hall–Kier alpha value is -3.09.